The molecule has 0 spiro atoms. The van der Waals surface area contributed by atoms with Gasteiger partial charge < -0.3 is 10.6 Å². The molecule has 2 aliphatic rings. The van der Waals surface area contributed by atoms with Gasteiger partial charge in [0.1, 0.15) is 0 Å². The number of rotatable bonds is 4. The fourth-order valence-electron chi connectivity index (χ4n) is 3.73. The van der Waals surface area contributed by atoms with Gasteiger partial charge in [0.2, 0.25) is 0 Å². The third-order valence-electron chi connectivity index (χ3n) is 4.79. The molecular formula is C14H29N3. The molecule has 0 radical (unpaired) electrons. The summed E-state index contributed by atoms with van der Waals surface area (Å²) in [5.74, 6) is 0.868. The average molecular weight is 239 g/mol. The van der Waals surface area contributed by atoms with Crippen molar-refractivity contribution in [1.29, 1.82) is 0 Å². The van der Waals surface area contributed by atoms with Crippen LogP contribution in [0.15, 0.2) is 0 Å². The second-order valence-corrected chi connectivity index (χ2v) is 6.11. The highest BCUT2D eigenvalue weighted by molar-refractivity contribution is 4.99. The van der Waals surface area contributed by atoms with Gasteiger partial charge in [0, 0.05) is 38.3 Å². The Morgan fingerprint density at radius 2 is 1.94 bits per heavy atom. The first-order valence-corrected chi connectivity index (χ1v) is 7.37. The molecule has 100 valence electrons. The van der Waals surface area contributed by atoms with Gasteiger partial charge in [-0.05, 0) is 38.1 Å². The standard InChI is InChI=1S/C14H29N3/c1-3-6-16-7-9-17(10-8-16)14(12-15)5-4-13(2)11-14/h13H,3-12,15H2,1-2H3. The van der Waals surface area contributed by atoms with Crippen molar-refractivity contribution >= 4 is 0 Å². The molecule has 17 heavy (non-hydrogen) atoms. The van der Waals surface area contributed by atoms with Gasteiger partial charge in [0.05, 0.1) is 0 Å². The van der Waals surface area contributed by atoms with Crippen LogP contribution in [0.25, 0.3) is 0 Å². The molecule has 0 aromatic heterocycles. The topological polar surface area (TPSA) is 32.5 Å². The Morgan fingerprint density at radius 1 is 1.24 bits per heavy atom. The molecule has 1 aliphatic carbocycles. The molecule has 3 heteroatoms. The summed E-state index contributed by atoms with van der Waals surface area (Å²) in [5, 5.41) is 0. The Hall–Kier alpha value is -0.120. The number of nitrogens with two attached hydrogens (primary N) is 1. The van der Waals surface area contributed by atoms with E-state index in [0.29, 0.717) is 5.54 Å². The third-order valence-corrected chi connectivity index (χ3v) is 4.79. The number of nitrogens with zero attached hydrogens (tertiary/aromatic N) is 2. The van der Waals surface area contributed by atoms with Crippen molar-refractivity contribution in [3.8, 4) is 0 Å². The monoisotopic (exact) mass is 239 g/mol. The van der Waals surface area contributed by atoms with Crippen LogP contribution in [0.3, 0.4) is 0 Å². The van der Waals surface area contributed by atoms with Crippen LogP contribution < -0.4 is 5.73 Å². The fourth-order valence-corrected chi connectivity index (χ4v) is 3.73. The Balaban J connectivity index is 1.90. The van der Waals surface area contributed by atoms with E-state index in [4.69, 9.17) is 5.73 Å². The van der Waals surface area contributed by atoms with Crippen molar-refractivity contribution in [2.45, 2.75) is 45.1 Å². The van der Waals surface area contributed by atoms with E-state index >= 15 is 0 Å². The molecule has 2 atom stereocenters. The van der Waals surface area contributed by atoms with E-state index in [9.17, 15) is 0 Å². The Bertz CT molecular complexity index is 236. The first kappa shape index (κ1) is 13.3. The van der Waals surface area contributed by atoms with Gasteiger partial charge in [-0.3, -0.25) is 4.90 Å². The lowest BCUT2D eigenvalue weighted by Gasteiger charge is -2.45. The molecule has 0 amide bonds. The van der Waals surface area contributed by atoms with Crippen LogP contribution in [-0.2, 0) is 0 Å². The van der Waals surface area contributed by atoms with E-state index in [-0.39, 0.29) is 0 Å². The van der Waals surface area contributed by atoms with E-state index in [2.05, 4.69) is 23.6 Å². The van der Waals surface area contributed by atoms with Gasteiger partial charge in [-0.2, -0.15) is 0 Å². The lowest BCUT2D eigenvalue weighted by Crippen LogP contribution is -2.59. The molecule has 2 unspecified atom stereocenters. The van der Waals surface area contributed by atoms with Gasteiger partial charge in [0.15, 0.2) is 0 Å². The minimum Gasteiger partial charge on any atom is -0.329 e. The maximum Gasteiger partial charge on any atom is 0.0335 e. The minimum atomic E-state index is 0.345. The van der Waals surface area contributed by atoms with Crippen LogP contribution >= 0.6 is 0 Å². The summed E-state index contributed by atoms with van der Waals surface area (Å²) in [7, 11) is 0. The quantitative estimate of drug-likeness (QED) is 0.807. The van der Waals surface area contributed by atoms with Crippen LogP contribution in [0.5, 0.6) is 0 Å². The number of hydrogen-bond donors (Lipinski definition) is 1. The summed E-state index contributed by atoms with van der Waals surface area (Å²) in [6, 6.07) is 0. The molecule has 0 aromatic rings. The lowest BCUT2D eigenvalue weighted by molar-refractivity contribution is 0.0377. The van der Waals surface area contributed by atoms with E-state index in [1.807, 2.05) is 0 Å². The van der Waals surface area contributed by atoms with Gasteiger partial charge in [-0.1, -0.05) is 13.8 Å². The molecule has 1 saturated carbocycles. The molecule has 0 aromatic carbocycles. The van der Waals surface area contributed by atoms with Crippen LogP contribution in [0, 0.1) is 5.92 Å². The Kier molecular flexibility index (Phi) is 4.45. The zero-order valence-electron chi connectivity index (χ0n) is 11.6. The first-order valence-electron chi connectivity index (χ1n) is 7.37. The summed E-state index contributed by atoms with van der Waals surface area (Å²) in [6.07, 6.45) is 5.28. The summed E-state index contributed by atoms with van der Waals surface area (Å²) in [5.41, 5.74) is 6.44. The maximum absolute atomic E-state index is 6.10. The van der Waals surface area contributed by atoms with Crippen LogP contribution in [0.4, 0.5) is 0 Å². The SMILES string of the molecule is CCCN1CCN(C2(CN)CCC(C)C2)CC1. The second kappa shape index (κ2) is 5.68. The Morgan fingerprint density at radius 3 is 2.41 bits per heavy atom. The van der Waals surface area contributed by atoms with Gasteiger partial charge >= 0.3 is 0 Å². The lowest BCUT2D eigenvalue weighted by atomic mass is 9.93. The molecule has 2 N–H and O–H groups in total. The minimum absolute atomic E-state index is 0.345. The average Bonchev–Trinajstić information content (AvgIpc) is 2.74. The summed E-state index contributed by atoms with van der Waals surface area (Å²) < 4.78 is 0. The highest BCUT2D eigenvalue weighted by Crippen LogP contribution is 2.38. The van der Waals surface area contributed by atoms with E-state index in [0.717, 1.165) is 12.5 Å². The van der Waals surface area contributed by atoms with Crippen molar-refractivity contribution in [3.05, 3.63) is 0 Å². The maximum atomic E-state index is 6.10. The summed E-state index contributed by atoms with van der Waals surface area (Å²) in [4.78, 5) is 5.29. The molecule has 1 saturated heterocycles. The Labute approximate surface area is 106 Å². The highest BCUT2D eigenvalue weighted by atomic mass is 15.3. The normalized spacial score (nSPS) is 36.5. The van der Waals surface area contributed by atoms with Gasteiger partial charge in [-0.25, -0.2) is 0 Å². The molecule has 0 bridgehead atoms. The molecular weight excluding hydrogens is 210 g/mol. The third kappa shape index (κ3) is 2.83. The predicted molar refractivity (Wildman–Crippen MR) is 73.1 cm³/mol. The van der Waals surface area contributed by atoms with Crippen LogP contribution in [0.1, 0.15) is 39.5 Å². The van der Waals surface area contributed by atoms with E-state index in [1.54, 1.807) is 0 Å². The molecule has 1 aliphatic heterocycles. The fraction of sp³-hybridized carbons (Fsp3) is 1.00. The zero-order chi connectivity index (χ0) is 12.3. The van der Waals surface area contributed by atoms with E-state index in [1.165, 1.54) is 58.4 Å². The van der Waals surface area contributed by atoms with Crippen molar-refractivity contribution in [2.24, 2.45) is 11.7 Å². The molecule has 2 fully saturated rings. The van der Waals surface area contributed by atoms with Crippen molar-refractivity contribution in [2.75, 3.05) is 39.3 Å². The zero-order valence-corrected chi connectivity index (χ0v) is 11.6. The molecule has 3 nitrogen and oxygen atoms in total. The van der Waals surface area contributed by atoms with Gasteiger partial charge in [-0.15, -0.1) is 0 Å². The summed E-state index contributed by atoms with van der Waals surface area (Å²) in [6.45, 7) is 11.7. The van der Waals surface area contributed by atoms with Crippen molar-refractivity contribution in [1.82, 2.24) is 9.80 Å². The molecule has 2 rings (SSSR count). The first-order chi connectivity index (χ1) is 8.20. The van der Waals surface area contributed by atoms with Crippen molar-refractivity contribution < 1.29 is 0 Å². The predicted octanol–water partition coefficient (Wildman–Crippen LogP) is 1.53. The molecule has 1 heterocycles. The number of hydrogen-bond acceptors (Lipinski definition) is 3. The highest BCUT2D eigenvalue weighted by Gasteiger charge is 2.41. The van der Waals surface area contributed by atoms with Crippen LogP contribution in [-0.4, -0.2) is 54.6 Å². The number of piperazine rings is 1. The second-order valence-electron chi connectivity index (χ2n) is 6.11. The van der Waals surface area contributed by atoms with Crippen molar-refractivity contribution in [3.63, 3.8) is 0 Å². The van der Waals surface area contributed by atoms with E-state index < -0.39 is 0 Å². The smallest absolute Gasteiger partial charge is 0.0335 e. The summed E-state index contributed by atoms with van der Waals surface area (Å²) >= 11 is 0. The largest absolute Gasteiger partial charge is 0.329 e. The van der Waals surface area contributed by atoms with Crippen LogP contribution in [0.2, 0.25) is 0 Å². The van der Waals surface area contributed by atoms with Gasteiger partial charge in [0.25, 0.3) is 0 Å².